The summed E-state index contributed by atoms with van der Waals surface area (Å²) < 4.78 is 0. The van der Waals surface area contributed by atoms with Gasteiger partial charge in [0.25, 0.3) is 5.91 Å². The maximum Gasteiger partial charge on any atom is 0.251 e. The minimum Gasteiger partial charge on any atom is -0.352 e. The number of nitrogens with one attached hydrogen (secondary N) is 2. The van der Waals surface area contributed by atoms with E-state index in [-0.39, 0.29) is 5.91 Å². The first-order valence-electron chi connectivity index (χ1n) is 6.20. The fourth-order valence-corrected chi connectivity index (χ4v) is 2.15. The average molecular weight is 275 g/mol. The lowest BCUT2D eigenvalue weighted by Crippen LogP contribution is -2.24. The summed E-state index contributed by atoms with van der Waals surface area (Å²) in [7, 11) is 0. The molecule has 0 saturated carbocycles. The summed E-state index contributed by atoms with van der Waals surface area (Å²) in [6.45, 7) is 0.657. The van der Waals surface area contributed by atoms with Gasteiger partial charge in [-0.15, -0.1) is 11.8 Å². The third-order valence-corrected chi connectivity index (χ3v) is 3.53. The summed E-state index contributed by atoms with van der Waals surface area (Å²) in [4.78, 5) is 20.2. The monoisotopic (exact) mass is 275 g/mol. The predicted molar refractivity (Wildman–Crippen MR) is 77.5 cm³/mol. The number of aryl methyl sites for hydroxylation is 1. The highest BCUT2D eigenvalue weighted by molar-refractivity contribution is 7.98. The first-order valence-corrected chi connectivity index (χ1v) is 7.42. The van der Waals surface area contributed by atoms with Gasteiger partial charge in [-0.2, -0.15) is 0 Å². The Morgan fingerprint density at radius 3 is 2.79 bits per heavy atom. The number of carbonyl (C=O) groups is 1. The maximum absolute atomic E-state index is 11.9. The van der Waals surface area contributed by atoms with E-state index in [9.17, 15) is 4.79 Å². The predicted octanol–water partition coefficient (Wildman–Crippen LogP) is 2.49. The molecule has 4 nitrogen and oxygen atoms in total. The molecule has 100 valence electrons. The van der Waals surface area contributed by atoms with E-state index in [0.29, 0.717) is 12.1 Å². The normalized spacial score (nSPS) is 10.4. The van der Waals surface area contributed by atoms with Crippen molar-refractivity contribution in [3.05, 3.63) is 48.0 Å². The van der Waals surface area contributed by atoms with E-state index in [4.69, 9.17) is 0 Å². The lowest BCUT2D eigenvalue weighted by Gasteiger charge is -2.05. The van der Waals surface area contributed by atoms with E-state index in [1.54, 1.807) is 24.2 Å². The molecule has 0 aliphatic carbocycles. The molecule has 0 atom stereocenters. The summed E-state index contributed by atoms with van der Waals surface area (Å²) in [5, 5.41) is 2.91. The lowest BCUT2D eigenvalue weighted by molar-refractivity contribution is 0.0953. The quantitative estimate of drug-likeness (QED) is 0.629. The zero-order chi connectivity index (χ0) is 13.5. The number of hydrogen-bond acceptors (Lipinski definition) is 3. The van der Waals surface area contributed by atoms with E-state index in [0.717, 1.165) is 23.6 Å². The van der Waals surface area contributed by atoms with Gasteiger partial charge in [0.1, 0.15) is 5.82 Å². The van der Waals surface area contributed by atoms with Crippen molar-refractivity contribution in [2.75, 3.05) is 12.8 Å². The molecule has 0 fully saturated rings. The van der Waals surface area contributed by atoms with Crippen LogP contribution in [0.15, 0.2) is 41.6 Å². The van der Waals surface area contributed by atoms with Crippen LogP contribution in [0.25, 0.3) is 0 Å². The van der Waals surface area contributed by atoms with Gasteiger partial charge in [-0.3, -0.25) is 4.79 Å². The second-order valence-electron chi connectivity index (χ2n) is 4.12. The second-order valence-corrected chi connectivity index (χ2v) is 5.00. The smallest absolute Gasteiger partial charge is 0.251 e. The molecule has 1 aromatic heterocycles. The lowest BCUT2D eigenvalue weighted by atomic mass is 10.2. The Labute approximate surface area is 117 Å². The number of aromatic amines is 1. The van der Waals surface area contributed by atoms with Gasteiger partial charge in [-0.1, -0.05) is 0 Å². The van der Waals surface area contributed by atoms with E-state index >= 15 is 0 Å². The molecular weight excluding hydrogens is 258 g/mol. The number of nitrogens with zero attached hydrogens (tertiary/aromatic N) is 1. The van der Waals surface area contributed by atoms with Crippen LogP contribution in [0.5, 0.6) is 0 Å². The molecule has 0 spiro atoms. The van der Waals surface area contributed by atoms with Gasteiger partial charge >= 0.3 is 0 Å². The van der Waals surface area contributed by atoms with Crippen LogP contribution < -0.4 is 5.32 Å². The van der Waals surface area contributed by atoms with E-state index < -0.39 is 0 Å². The minimum absolute atomic E-state index is 0.0212. The summed E-state index contributed by atoms with van der Waals surface area (Å²) in [5.41, 5.74) is 0.704. The molecular formula is C14H17N3OS. The Balaban J connectivity index is 1.74. The Hall–Kier alpha value is -1.75. The number of rotatable bonds is 6. The van der Waals surface area contributed by atoms with E-state index in [1.807, 2.05) is 30.5 Å². The summed E-state index contributed by atoms with van der Waals surface area (Å²) in [6.07, 6.45) is 7.28. The highest BCUT2D eigenvalue weighted by Crippen LogP contribution is 2.14. The third-order valence-electron chi connectivity index (χ3n) is 2.78. The number of aromatic nitrogens is 2. The first-order chi connectivity index (χ1) is 9.29. The van der Waals surface area contributed by atoms with Crippen LogP contribution in [-0.2, 0) is 6.42 Å². The second kappa shape index (κ2) is 6.99. The van der Waals surface area contributed by atoms with Crippen LogP contribution in [0.3, 0.4) is 0 Å². The van der Waals surface area contributed by atoms with Crippen molar-refractivity contribution in [1.29, 1.82) is 0 Å². The largest absolute Gasteiger partial charge is 0.352 e. The van der Waals surface area contributed by atoms with Gasteiger partial charge < -0.3 is 10.3 Å². The molecule has 19 heavy (non-hydrogen) atoms. The summed E-state index contributed by atoms with van der Waals surface area (Å²) in [6, 6.07) is 7.63. The summed E-state index contributed by atoms with van der Waals surface area (Å²) in [5.74, 6) is 0.936. The van der Waals surface area contributed by atoms with Gasteiger partial charge in [0.05, 0.1) is 0 Å². The highest BCUT2D eigenvalue weighted by Gasteiger charge is 2.04. The molecule has 0 aliphatic heterocycles. The molecule has 0 saturated heterocycles. The van der Waals surface area contributed by atoms with Crippen LogP contribution in [-0.4, -0.2) is 28.7 Å². The number of thioether (sulfide) groups is 1. The number of hydrogen-bond donors (Lipinski definition) is 2. The SMILES string of the molecule is CSc1ccc(C(=O)NCCCc2ncc[nH]2)cc1. The fourth-order valence-electron chi connectivity index (χ4n) is 1.74. The average Bonchev–Trinajstić information content (AvgIpc) is 2.96. The number of H-pyrrole nitrogens is 1. The van der Waals surface area contributed by atoms with Gasteiger partial charge in [-0.05, 0) is 36.9 Å². The van der Waals surface area contributed by atoms with Crippen molar-refractivity contribution < 1.29 is 4.79 Å². The fraction of sp³-hybridized carbons (Fsp3) is 0.286. The van der Waals surface area contributed by atoms with Gasteiger partial charge in [-0.25, -0.2) is 4.98 Å². The molecule has 0 unspecified atom stereocenters. The Kier molecular flexibility index (Phi) is 5.03. The number of carbonyl (C=O) groups excluding carboxylic acids is 1. The van der Waals surface area contributed by atoms with Crippen LogP contribution in [0.1, 0.15) is 22.6 Å². The Bertz CT molecular complexity index is 508. The molecule has 2 rings (SSSR count). The Morgan fingerprint density at radius 2 is 2.16 bits per heavy atom. The summed E-state index contributed by atoms with van der Waals surface area (Å²) >= 11 is 1.67. The van der Waals surface area contributed by atoms with Gasteiger partial charge in [0, 0.05) is 35.8 Å². The van der Waals surface area contributed by atoms with E-state index in [1.165, 1.54) is 0 Å². The van der Waals surface area contributed by atoms with Crippen molar-refractivity contribution in [1.82, 2.24) is 15.3 Å². The first kappa shape index (κ1) is 13.7. The van der Waals surface area contributed by atoms with Crippen molar-refractivity contribution in [2.45, 2.75) is 17.7 Å². The van der Waals surface area contributed by atoms with Crippen molar-refractivity contribution in [3.63, 3.8) is 0 Å². The van der Waals surface area contributed by atoms with Crippen LogP contribution in [0, 0.1) is 0 Å². The molecule has 1 aromatic carbocycles. The van der Waals surface area contributed by atoms with Crippen LogP contribution in [0.4, 0.5) is 0 Å². The van der Waals surface area contributed by atoms with Crippen molar-refractivity contribution in [2.24, 2.45) is 0 Å². The molecule has 5 heteroatoms. The molecule has 1 heterocycles. The van der Waals surface area contributed by atoms with Crippen LogP contribution >= 0.6 is 11.8 Å². The zero-order valence-electron chi connectivity index (χ0n) is 10.8. The molecule has 0 radical (unpaired) electrons. The Morgan fingerprint density at radius 1 is 1.37 bits per heavy atom. The molecule has 1 amide bonds. The molecule has 0 bridgehead atoms. The van der Waals surface area contributed by atoms with Gasteiger partial charge in [0.2, 0.25) is 0 Å². The van der Waals surface area contributed by atoms with Crippen molar-refractivity contribution in [3.8, 4) is 0 Å². The minimum atomic E-state index is -0.0212. The highest BCUT2D eigenvalue weighted by atomic mass is 32.2. The molecule has 0 aliphatic rings. The standard InChI is InChI=1S/C14H17N3OS/c1-19-12-6-4-11(5-7-12)14(18)17-8-2-3-13-15-9-10-16-13/h4-7,9-10H,2-3,8H2,1H3,(H,15,16)(H,17,18). The molecule has 2 aromatic rings. The number of imidazole rings is 1. The molecule has 2 N–H and O–H groups in total. The van der Waals surface area contributed by atoms with Crippen molar-refractivity contribution >= 4 is 17.7 Å². The van der Waals surface area contributed by atoms with E-state index in [2.05, 4.69) is 15.3 Å². The zero-order valence-corrected chi connectivity index (χ0v) is 11.7. The number of amides is 1. The maximum atomic E-state index is 11.9. The topological polar surface area (TPSA) is 57.8 Å². The third kappa shape index (κ3) is 4.13. The van der Waals surface area contributed by atoms with Gasteiger partial charge in [0.15, 0.2) is 0 Å². The number of benzene rings is 1. The van der Waals surface area contributed by atoms with Crippen LogP contribution in [0.2, 0.25) is 0 Å².